The molecule has 0 aliphatic rings. The fourth-order valence-corrected chi connectivity index (χ4v) is 2.66. The molecular formula is C16H14Br2O3. The monoisotopic (exact) mass is 412 g/mol. The van der Waals surface area contributed by atoms with Gasteiger partial charge < -0.3 is 9.84 Å². The van der Waals surface area contributed by atoms with Crippen LogP contribution in [0.25, 0.3) is 0 Å². The standard InChI is InChI=1S/C16H14Br2O3/c1-9(2)13-7-10(17)4-6-14(13)21-15-8-11(18)3-5-12(15)16(19)20/h3-9H,1-2H3,(H,19,20). The van der Waals surface area contributed by atoms with Crippen molar-refractivity contribution in [3.05, 3.63) is 56.5 Å². The first-order chi connectivity index (χ1) is 9.88. The molecule has 0 spiro atoms. The molecule has 21 heavy (non-hydrogen) atoms. The van der Waals surface area contributed by atoms with E-state index in [9.17, 15) is 9.90 Å². The van der Waals surface area contributed by atoms with Gasteiger partial charge in [0.1, 0.15) is 17.1 Å². The van der Waals surface area contributed by atoms with Gasteiger partial charge in [-0.05, 0) is 47.9 Å². The lowest BCUT2D eigenvalue weighted by molar-refractivity contribution is 0.0694. The Bertz CT molecular complexity index is 681. The van der Waals surface area contributed by atoms with Gasteiger partial charge in [-0.3, -0.25) is 0 Å². The number of benzene rings is 2. The third-order valence-electron chi connectivity index (χ3n) is 2.99. The molecule has 0 unspecified atom stereocenters. The molecule has 0 fully saturated rings. The molecule has 110 valence electrons. The number of hydrogen-bond donors (Lipinski definition) is 1. The first-order valence-corrected chi connectivity index (χ1v) is 7.97. The SMILES string of the molecule is CC(C)c1cc(Br)ccc1Oc1cc(Br)ccc1C(=O)O. The predicted octanol–water partition coefficient (Wildman–Crippen LogP) is 5.83. The van der Waals surface area contributed by atoms with Crippen molar-refractivity contribution in [3.63, 3.8) is 0 Å². The number of aromatic carboxylic acids is 1. The largest absolute Gasteiger partial charge is 0.478 e. The number of rotatable bonds is 4. The van der Waals surface area contributed by atoms with Gasteiger partial charge in [0, 0.05) is 8.95 Å². The van der Waals surface area contributed by atoms with E-state index in [1.54, 1.807) is 12.1 Å². The van der Waals surface area contributed by atoms with E-state index in [2.05, 4.69) is 45.7 Å². The highest BCUT2D eigenvalue weighted by Crippen LogP contribution is 2.35. The average Bonchev–Trinajstić information content (AvgIpc) is 2.40. The highest BCUT2D eigenvalue weighted by atomic mass is 79.9. The van der Waals surface area contributed by atoms with E-state index in [0.29, 0.717) is 11.5 Å². The summed E-state index contributed by atoms with van der Waals surface area (Å²) in [5.74, 6) is 0.230. The highest BCUT2D eigenvalue weighted by molar-refractivity contribution is 9.10. The van der Waals surface area contributed by atoms with Crippen LogP contribution in [0.15, 0.2) is 45.3 Å². The van der Waals surface area contributed by atoms with Gasteiger partial charge in [0.25, 0.3) is 0 Å². The fraction of sp³-hybridized carbons (Fsp3) is 0.188. The maximum atomic E-state index is 11.3. The Labute approximate surface area is 140 Å². The van der Waals surface area contributed by atoms with Crippen LogP contribution < -0.4 is 4.74 Å². The molecule has 2 aromatic rings. The van der Waals surface area contributed by atoms with Gasteiger partial charge in [-0.25, -0.2) is 4.79 Å². The van der Waals surface area contributed by atoms with Crippen LogP contribution in [0.5, 0.6) is 11.5 Å². The Kier molecular flexibility index (Phi) is 5.06. The van der Waals surface area contributed by atoms with E-state index in [-0.39, 0.29) is 11.5 Å². The smallest absolute Gasteiger partial charge is 0.339 e. The number of ether oxygens (including phenoxy) is 1. The molecule has 0 amide bonds. The van der Waals surface area contributed by atoms with Crippen molar-refractivity contribution >= 4 is 37.8 Å². The summed E-state index contributed by atoms with van der Waals surface area (Å²) in [4.78, 5) is 11.3. The number of carboxylic acid groups (broad SMARTS) is 1. The van der Waals surface area contributed by atoms with Crippen LogP contribution >= 0.6 is 31.9 Å². The van der Waals surface area contributed by atoms with Crippen molar-refractivity contribution in [1.29, 1.82) is 0 Å². The number of halogens is 2. The van der Waals surface area contributed by atoms with Gasteiger partial charge >= 0.3 is 5.97 Å². The zero-order valence-electron chi connectivity index (χ0n) is 11.6. The van der Waals surface area contributed by atoms with E-state index >= 15 is 0 Å². The van der Waals surface area contributed by atoms with Crippen LogP contribution in [0.4, 0.5) is 0 Å². The molecule has 5 heteroatoms. The van der Waals surface area contributed by atoms with Crippen LogP contribution in [0, 0.1) is 0 Å². The third kappa shape index (κ3) is 3.86. The minimum atomic E-state index is -1.01. The Hall–Kier alpha value is -1.33. The second kappa shape index (κ2) is 6.62. The lowest BCUT2D eigenvalue weighted by Crippen LogP contribution is -2.01. The zero-order chi connectivity index (χ0) is 15.6. The molecule has 0 radical (unpaired) electrons. The molecule has 3 nitrogen and oxygen atoms in total. The van der Waals surface area contributed by atoms with E-state index < -0.39 is 5.97 Å². The Morgan fingerprint density at radius 2 is 1.67 bits per heavy atom. The number of carbonyl (C=O) groups is 1. The molecular weight excluding hydrogens is 400 g/mol. The molecule has 0 saturated carbocycles. The van der Waals surface area contributed by atoms with Crippen molar-refractivity contribution in [2.24, 2.45) is 0 Å². The van der Waals surface area contributed by atoms with Gasteiger partial charge in [0.05, 0.1) is 0 Å². The van der Waals surface area contributed by atoms with E-state index in [1.165, 1.54) is 6.07 Å². The first-order valence-electron chi connectivity index (χ1n) is 6.38. The van der Waals surface area contributed by atoms with E-state index in [4.69, 9.17) is 4.74 Å². The molecule has 2 aromatic carbocycles. The predicted molar refractivity (Wildman–Crippen MR) is 89.4 cm³/mol. The second-order valence-corrected chi connectivity index (χ2v) is 6.72. The molecule has 0 saturated heterocycles. The molecule has 0 aliphatic carbocycles. The summed E-state index contributed by atoms with van der Waals surface area (Å²) < 4.78 is 7.60. The third-order valence-corrected chi connectivity index (χ3v) is 3.97. The highest BCUT2D eigenvalue weighted by Gasteiger charge is 2.15. The number of carboxylic acids is 1. The molecule has 1 N–H and O–H groups in total. The summed E-state index contributed by atoms with van der Waals surface area (Å²) >= 11 is 6.78. The second-order valence-electron chi connectivity index (χ2n) is 4.88. The Morgan fingerprint density at radius 1 is 1.05 bits per heavy atom. The first kappa shape index (κ1) is 16.0. The van der Waals surface area contributed by atoms with Crippen molar-refractivity contribution in [2.75, 3.05) is 0 Å². The van der Waals surface area contributed by atoms with Gasteiger partial charge in [-0.1, -0.05) is 45.7 Å². The van der Waals surface area contributed by atoms with Crippen LogP contribution in [0.1, 0.15) is 35.7 Å². The quantitative estimate of drug-likeness (QED) is 0.686. The van der Waals surface area contributed by atoms with E-state index in [1.807, 2.05) is 18.2 Å². The Balaban J connectivity index is 2.47. The minimum Gasteiger partial charge on any atom is -0.478 e. The molecule has 0 bridgehead atoms. The van der Waals surface area contributed by atoms with Gasteiger partial charge in [-0.2, -0.15) is 0 Å². The van der Waals surface area contributed by atoms with Crippen LogP contribution in [0.2, 0.25) is 0 Å². The minimum absolute atomic E-state index is 0.135. The van der Waals surface area contributed by atoms with Crippen molar-refractivity contribution < 1.29 is 14.6 Å². The van der Waals surface area contributed by atoms with Crippen LogP contribution in [-0.2, 0) is 0 Å². The maximum Gasteiger partial charge on any atom is 0.339 e. The summed E-state index contributed by atoms with van der Waals surface area (Å²) in [6.45, 7) is 4.13. The number of hydrogen-bond acceptors (Lipinski definition) is 2. The van der Waals surface area contributed by atoms with Crippen molar-refractivity contribution in [2.45, 2.75) is 19.8 Å². The van der Waals surface area contributed by atoms with Crippen molar-refractivity contribution in [3.8, 4) is 11.5 Å². The topological polar surface area (TPSA) is 46.5 Å². The van der Waals surface area contributed by atoms with Gasteiger partial charge in [0.2, 0.25) is 0 Å². The fourth-order valence-electron chi connectivity index (χ4n) is 1.94. The molecule has 0 aliphatic heterocycles. The summed E-state index contributed by atoms with van der Waals surface area (Å²) in [5.41, 5.74) is 1.15. The van der Waals surface area contributed by atoms with Crippen molar-refractivity contribution in [1.82, 2.24) is 0 Å². The van der Waals surface area contributed by atoms with E-state index in [0.717, 1.165) is 14.5 Å². The summed E-state index contributed by atoms with van der Waals surface area (Å²) in [6, 6.07) is 10.6. The van der Waals surface area contributed by atoms with Gasteiger partial charge in [0.15, 0.2) is 0 Å². The average molecular weight is 414 g/mol. The van der Waals surface area contributed by atoms with Gasteiger partial charge in [-0.15, -0.1) is 0 Å². The van der Waals surface area contributed by atoms with Crippen LogP contribution in [0.3, 0.4) is 0 Å². The zero-order valence-corrected chi connectivity index (χ0v) is 14.7. The molecule has 0 atom stereocenters. The molecule has 2 rings (SSSR count). The molecule has 0 aromatic heterocycles. The van der Waals surface area contributed by atoms with Crippen LogP contribution in [-0.4, -0.2) is 11.1 Å². The lowest BCUT2D eigenvalue weighted by Gasteiger charge is -2.15. The maximum absolute atomic E-state index is 11.3. The lowest BCUT2D eigenvalue weighted by atomic mass is 10.0. The molecule has 0 heterocycles. The summed E-state index contributed by atoms with van der Waals surface area (Å²) in [6.07, 6.45) is 0. The summed E-state index contributed by atoms with van der Waals surface area (Å²) in [7, 11) is 0. The Morgan fingerprint density at radius 3 is 2.29 bits per heavy atom. The normalized spacial score (nSPS) is 10.7. The summed E-state index contributed by atoms with van der Waals surface area (Å²) in [5, 5.41) is 9.25.